The summed E-state index contributed by atoms with van der Waals surface area (Å²) in [5.41, 5.74) is 6.04. The Kier molecular flexibility index (Phi) is 4.36. The number of carbonyl (C=O) groups excluding carboxylic acids is 1. The second-order valence-corrected chi connectivity index (χ2v) is 6.23. The number of anilines is 1. The van der Waals surface area contributed by atoms with Gasteiger partial charge in [0, 0.05) is 20.0 Å². The maximum absolute atomic E-state index is 12.0. The van der Waals surface area contributed by atoms with Gasteiger partial charge in [-0.15, -0.1) is 11.3 Å². The van der Waals surface area contributed by atoms with Crippen molar-refractivity contribution in [2.24, 2.45) is 0 Å². The summed E-state index contributed by atoms with van der Waals surface area (Å²) in [4.78, 5) is 16.9. The van der Waals surface area contributed by atoms with E-state index >= 15 is 0 Å². The van der Waals surface area contributed by atoms with Crippen LogP contribution in [0.4, 0.5) is 5.82 Å². The Balaban J connectivity index is 2.08. The number of carbonyl (C=O) groups is 1. The molecule has 7 heteroatoms. The van der Waals surface area contributed by atoms with Gasteiger partial charge < -0.3 is 11.1 Å². The molecule has 3 N–H and O–H groups in total. The van der Waals surface area contributed by atoms with Crippen LogP contribution in [-0.4, -0.2) is 10.9 Å². The lowest BCUT2D eigenvalue weighted by Gasteiger charge is -2.06. The third-order valence-electron chi connectivity index (χ3n) is 2.23. The molecule has 0 unspecified atom stereocenters. The lowest BCUT2D eigenvalue weighted by atomic mass is 10.2. The molecule has 2 aromatic heterocycles. The number of nitrogens with zero attached hydrogens (tertiary/aromatic N) is 1. The minimum atomic E-state index is -0.235. The molecule has 2 aromatic rings. The quantitative estimate of drug-likeness (QED) is 0.845. The van der Waals surface area contributed by atoms with E-state index in [0.717, 1.165) is 13.8 Å². The molecule has 0 aliphatic heterocycles. The van der Waals surface area contributed by atoms with E-state index in [2.05, 4.69) is 42.2 Å². The molecule has 0 aromatic carbocycles. The highest BCUT2D eigenvalue weighted by Gasteiger charge is 2.12. The number of pyridine rings is 1. The number of hydrogen-bond donors (Lipinski definition) is 2. The van der Waals surface area contributed by atoms with Gasteiger partial charge in [-0.2, -0.15) is 0 Å². The average Bonchev–Trinajstić information content (AvgIpc) is 2.75. The van der Waals surface area contributed by atoms with Crippen LogP contribution in [0.3, 0.4) is 0 Å². The highest BCUT2D eigenvalue weighted by Crippen LogP contribution is 2.22. The highest BCUT2D eigenvalue weighted by atomic mass is 79.9. The Morgan fingerprint density at radius 1 is 1.50 bits per heavy atom. The normalized spacial score (nSPS) is 10.3. The molecule has 0 atom stereocenters. The monoisotopic (exact) mass is 389 g/mol. The van der Waals surface area contributed by atoms with Crippen molar-refractivity contribution in [1.29, 1.82) is 0 Å². The van der Waals surface area contributed by atoms with E-state index in [1.165, 1.54) is 0 Å². The summed E-state index contributed by atoms with van der Waals surface area (Å²) in [5.74, 6) is -0.0115. The molecule has 0 spiro atoms. The van der Waals surface area contributed by atoms with Crippen molar-refractivity contribution in [3.63, 3.8) is 0 Å². The van der Waals surface area contributed by atoms with Gasteiger partial charge in [-0.05, 0) is 49.4 Å². The van der Waals surface area contributed by atoms with Crippen LogP contribution >= 0.6 is 43.2 Å². The molecule has 2 rings (SSSR count). The SMILES string of the molecule is Nc1ncc(Br)cc1C(=O)NCc1sccc1Br. The molecular weight excluding hydrogens is 382 g/mol. The second kappa shape index (κ2) is 5.81. The lowest BCUT2D eigenvalue weighted by Crippen LogP contribution is -2.23. The number of thiophene rings is 1. The number of aromatic nitrogens is 1. The summed E-state index contributed by atoms with van der Waals surface area (Å²) in [6, 6.07) is 3.60. The fraction of sp³-hybridized carbons (Fsp3) is 0.0909. The van der Waals surface area contributed by atoms with Crippen LogP contribution in [0.1, 0.15) is 15.2 Å². The Hall–Kier alpha value is -0.920. The van der Waals surface area contributed by atoms with Crippen LogP contribution in [0.15, 0.2) is 32.7 Å². The molecule has 1 amide bonds. The van der Waals surface area contributed by atoms with E-state index in [1.54, 1.807) is 23.6 Å². The van der Waals surface area contributed by atoms with Crippen LogP contribution in [-0.2, 0) is 6.54 Å². The molecule has 0 saturated heterocycles. The summed E-state index contributed by atoms with van der Waals surface area (Å²) >= 11 is 8.25. The number of nitrogen functional groups attached to an aromatic ring is 1. The van der Waals surface area contributed by atoms with Crippen LogP contribution in [0.25, 0.3) is 0 Å². The standard InChI is InChI=1S/C11H9Br2N3OS/c12-6-3-7(10(14)15-4-6)11(17)16-5-9-8(13)1-2-18-9/h1-4H,5H2,(H2,14,15)(H,16,17). The van der Waals surface area contributed by atoms with Crippen LogP contribution in [0.5, 0.6) is 0 Å². The van der Waals surface area contributed by atoms with Gasteiger partial charge in [-0.1, -0.05) is 0 Å². The highest BCUT2D eigenvalue weighted by molar-refractivity contribution is 9.10. The molecule has 18 heavy (non-hydrogen) atoms. The zero-order valence-corrected chi connectivity index (χ0v) is 13.1. The fourth-order valence-corrected chi connectivity index (χ4v) is 3.10. The zero-order chi connectivity index (χ0) is 13.1. The fourth-order valence-electron chi connectivity index (χ4n) is 1.34. The lowest BCUT2D eigenvalue weighted by molar-refractivity contribution is 0.0952. The summed E-state index contributed by atoms with van der Waals surface area (Å²) in [6.45, 7) is 0.461. The van der Waals surface area contributed by atoms with Crippen molar-refractivity contribution in [1.82, 2.24) is 10.3 Å². The summed E-state index contributed by atoms with van der Waals surface area (Å²) in [5, 5.41) is 4.77. The molecule has 0 fully saturated rings. The van der Waals surface area contributed by atoms with Crippen molar-refractivity contribution in [2.45, 2.75) is 6.54 Å². The molecule has 0 radical (unpaired) electrons. The first-order chi connectivity index (χ1) is 8.58. The van der Waals surface area contributed by atoms with Crippen LogP contribution in [0, 0.1) is 0 Å². The number of rotatable bonds is 3. The van der Waals surface area contributed by atoms with E-state index < -0.39 is 0 Å². The van der Waals surface area contributed by atoms with Crippen LogP contribution < -0.4 is 11.1 Å². The largest absolute Gasteiger partial charge is 0.383 e. The zero-order valence-electron chi connectivity index (χ0n) is 9.11. The molecular formula is C11H9Br2N3OS. The van der Waals surface area contributed by atoms with Crippen LogP contribution in [0.2, 0.25) is 0 Å². The molecule has 94 valence electrons. The van der Waals surface area contributed by atoms with Gasteiger partial charge in [0.1, 0.15) is 5.82 Å². The smallest absolute Gasteiger partial charge is 0.255 e. The summed E-state index contributed by atoms with van der Waals surface area (Å²) < 4.78 is 1.72. The molecule has 0 saturated carbocycles. The van der Waals surface area contributed by atoms with Crippen molar-refractivity contribution in [3.05, 3.63) is 43.1 Å². The van der Waals surface area contributed by atoms with E-state index in [1.807, 2.05) is 11.4 Å². The summed E-state index contributed by atoms with van der Waals surface area (Å²) in [6.07, 6.45) is 1.56. The Morgan fingerprint density at radius 2 is 2.28 bits per heavy atom. The minimum absolute atomic E-state index is 0.223. The van der Waals surface area contributed by atoms with Crippen molar-refractivity contribution >= 4 is 54.9 Å². The predicted molar refractivity (Wildman–Crippen MR) is 79.5 cm³/mol. The Bertz CT molecular complexity index is 585. The molecule has 0 aliphatic carbocycles. The van der Waals surface area contributed by atoms with E-state index in [4.69, 9.17) is 5.73 Å². The van der Waals surface area contributed by atoms with Gasteiger partial charge in [-0.3, -0.25) is 4.79 Å². The van der Waals surface area contributed by atoms with E-state index in [0.29, 0.717) is 12.1 Å². The first-order valence-electron chi connectivity index (χ1n) is 4.99. The Morgan fingerprint density at radius 3 is 2.94 bits per heavy atom. The average molecular weight is 391 g/mol. The molecule has 4 nitrogen and oxygen atoms in total. The first-order valence-corrected chi connectivity index (χ1v) is 7.45. The Labute approximate surface area is 125 Å². The number of halogens is 2. The van der Waals surface area contributed by atoms with Gasteiger partial charge in [0.15, 0.2) is 0 Å². The second-order valence-electron chi connectivity index (χ2n) is 3.46. The topological polar surface area (TPSA) is 68.0 Å². The van der Waals surface area contributed by atoms with Crippen molar-refractivity contribution in [2.75, 3.05) is 5.73 Å². The van der Waals surface area contributed by atoms with E-state index in [-0.39, 0.29) is 11.7 Å². The minimum Gasteiger partial charge on any atom is -0.383 e. The maximum atomic E-state index is 12.0. The van der Waals surface area contributed by atoms with Crippen molar-refractivity contribution < 1.29 is 4.79 Å². The molecule has 0 aliphatic rings. The third kappa shape index (κ3) is 3.09. The van der Waals surface area contributed by atoms with Gasteiger partial charge in [0.25, 0.3) is 5.91 Å². The number of nitrogens with two attached hydrogens (primary N) is 1. The predicted octanol–water partition coefficient (Wildman–Crippen LogP) is 3.18. The van der Waals surface area contributed by atoms with E-state index in [9.17, 15) is 4.79 Å². The van der Waals surface area contributed by atoms with Crippen molar-refractivity contribution in [3.8, 4) is 0 Å². The maximum Gasteiger partial charge on any atom is 0.255 e. The van der Waals surface area contributed by atoms with Gasteiger partial charge in [0.05, 0.1) is 12.1 Å². The van der Waals surface area contributed by atoms with Gasteiger partial charge in [0.2, 0.25) is 0 Å². The van der Waals surface area contributed by atoms with Gasteiger partial charge in [-0.25, -0.2) is 4.98 Å². The summed E-state index contributed by atoms with van der Waals surface area (Å²) in [7, 11) is 0. The first kappa shape index (κ1) is 13.5. The third-order valence-corrected chi connectivity index (χ3v) is 4.59. The van der Waals surface area contributed by atoms with Gasteiger partial charge >= 0.3 is 0 Å². The molecule has 0 bridgehead atoms. The molecule has 2 heterocycles. The number of hydrogen-bond acceptors (Lipinski definition) is 4. The number of nitrogens with one attached hydrogen (secondary N) is 1. The number of amides is 1.